The summed E-state index contributed by atoms with van der Waals surface area (Å²) in [7, 11) is -7.20. The topological polar surface area (TPSA) is 107 Å². The van der Waals surface area contributed by atoms with E-state index in [4.69, 9.17) is 18.1 Å². The first-order valence-electron chi connectivity index (χ1n) is 5.66. The molecule has 0 aliphatic carbocycles. The predicted molar refractivity (Wildman–Crippen MR) is 72.0 cm³/mol. The molecule has 0 N–H and O–H groups in total. The van der Waals surface area contributed by atoms with Crippen molar-refractivity contribution < 1.29 is 40.8 Å². The third-order valence-electron chi connectivity index (χ3n) is 1.85. The van der Waals surface area contributed by atoms with Gasteiger partial charge in [0.15, 0.2) is 0 Å². The molecule has 0 aromatic rings. The molecule has 0 aliphatic heterocycles. The van der Waals surface area contributed by atoms with Crippen LogP contribution in [-0.2, 0) is 40.8 Å². The highest BCUT2D eigenvalue weighted by molar-refractivity contribution is 7.54. The third kappa shape index (κ3) is 7.93. The number of hydrogen-bond donors (Lipinski definition) is 0. The maximum Gasteiger partial charge on any atom is 0.698 e. The molecule has 12 heteroatoms. The van der Waals surface area contributed by atoms with E-state index in [0.29, 0.717) is 0 Å². The Bertz CT molecular complexity index is 351. The summed E-state index contributed by atoms with van der Waals surface area (Å²) in [4.78, 5) is 0. The molecule has 0 saturated carbocycles. The van der Waals surface area contributed by atoms with E-state index in [0.717, 1.165) is 0 Å². The molecule has 0 heterocycles. The Morgan fingerprint density at radius 3 is 1.45 bits per heavy atom. The zero-order valence-electron chi connectivity index (χ0n) is 11.8. The Kier molecular flexibility index (Phi) is 10.3. The van der Waals surface area contributed by atoms with Gasteiger partial charge in [-0.2, -0.15) is 0 Å². The van der Waals surface area contributed by atoms with E-state index < -0.39 is 36.1 Å². The first-order chi connectivity index (χ1) is 9.34. The monoisotopic (exact) mass is 353 g/mol. The minimum atomic E-state index is -3.46. The van der Waals surface area contributed by atoms with Gasteiger partial charge in [0, 0.05) is 18.8 Å². The van der Waals surface area contributed by atoms with Crippen LogP contribution in [0.2, 0.25) is 0 Å². The fraction of sp³-hybridized carbons (Fsp3) is 1.00. The highest BCUT2D eigenvalue weighted by Crippen LogP contribution is 2.52. The van der Waals surface area contributed by atoms with Crippen molar-refractivity contribution >= 4 is 23.4 Å². The molecule has 0 rings (SSSR count). The molecule has 20 heavy (non-hydrogen) atoms. The van der Waals surface area contributed by atoms with Crippen LogP contribution in [0.15, 0.2) is 0 Å². The van der Waals surface area contributed by atoms with Crippen LogP contribution in [0.5, 0.6) is 0 Å². The normalized spacial score (nSPS) is 18.3. The SMILES string of the molecule is CCOP(=O)(CO[P+](=O)OCP(=O)(OC)OCC)OC. The molecule has 0 aromatic heterocycles. The molecule has 0 spiro atoms. The van der Waals surface area contributed by atoms with Crippen LogP contribution in [-0.4, -0.2) is 40.1 Å². The van der Waals surface area contributed by atoms with Crippen molar-refractivity contribution in [1.82, 2.24) is 0 Å². The quantitative estimate of drug-likeness (QED) is 0.488. The van der Waals surface area contributed by atoms with Crippen LogP contribution >= 0.6 is 23.4 Å². The summed E-state index contributed by atoms with van der Waals surface area (Å²) in [6.45, 7) is 3.54. The first kappa shape index (κ1) is 20.3. The highest BCUT2D eigenvalue weighted by atomic mass is 31.2. The molecule has 2 unspecified atom stereocenters. The zero-order valence-corrected chi connectivity index (χ0v) is 14.5. The van der Waals surface area contributed by atoms with E-state index >= 15 is 0 Å². The number of rotatable bonds is 12. The van der Waals surface area contributed by atoms with Crippen molar-refractivity contribution in [2.24, 2.45) is 0 Å². The second-order valence-electron chi connectivity index (χ2n) is 3.16. The van der Waals surface area contributed by atoms with Gasteiger partial charge in [-0.15, -0.1) is 9.05 Å². The molecule has 0 fully saturated rings. The van der Waals surface area contributed by atoms with Crippen molar-refractivity contribution in [1.29, 1.82) is 0 Å². The largest absolute Gasteiger partial charge is 0.698 e. The van der Waals surface area contributed by atoms with E-state index in [1.165, 1.54) is 14.2 Å². The van der Waals surface area contributed by atoms with E-state index in [2.05, 4.69) is 9.05 Å². The van der Waals surface area contributed by atoms with E-state index in [9.17, 15) is 13.7 Å². The van der Waals surface area contributed by atoms with Crippen molar-refractivity contribution in [2.75, 3.05) is 40.1 Å². The van der Waals surface area contributed by atoms with Crippen LogP contribution in [0.3, 0.4) is 0 Å². The molecule has 0 radical (unpaired) electrons. The van der Waals surface area contributed by atoms with Crippen LogP contribution < -0.4 is 0 Å². The molecule has 0 aromatic carbocycles. The average Bonchev–Trinajstić information content (AvgIpc) is 2.43. The molecule has 9 nitrogen and oxygen atoms in total. The summed E-state index contributed by atoms with van der Waals surface area (Å²) in [6, 6.07) is 0. The minimum absolute atomic E-state index is 0.148. The van der Waals surface area contributed by atoms with Crippen LogP contribution in [0.25, 0.3) is 0 Å². The van der Waals surface area contributed by atoms with Gasteiger partial charge in [0.05, 0.1) is 13.2 Å². The van der Waals surface area contributed by atoms with Crippen LogP contribution in [0, 0.1) is 0 Å². The second-order valence-corrected chi connectivity index (χ2v) is 8.33. The van der Waals surface area contributed by atoms with E-state index in [1.54, 1.807) is 13.8 Å². The standard InChI is InChI=1S/C8H20O9P3/c1-5-16-19(10,12-3)7-14-18(9)15-8-20(11,13-4)17-6-2/h5-8H2,1-4H3/q+1. The first-order valence-corrected chi connectivity index (χ1v) is 10.2. The highest BCUT2D eigenvalue weighted by Gasteiger charge is 2.35. The van der Waals surface area contributed by atoms with Crippen LogP contribution in [0.4, 0.5) is 0 Å². The molecule has 0 aliphatic rings. The van der Waals surface area contributed by atoms with Gasteiger partial charge in [-0.05, 0) is 13.8 Å². The lowest BCUT2D eigenvalue weighted by Gasteiger charge is -2.12. The van der Waals surface area contributed by atoms with Gasteiger partial charge in [0.25, 0.3) is 0 Å². The lowest BCUT2D eigenvalue weighted by atomic mass is 10.9. The molecule has 0 bridgehead atoms. The Morgan fingerprint density at radius 1 is 0.850 bits per heavy atom. The summed E-state index contributed by atoms with van der Waals surface area (Å²) in [5, 5.41) is 0. The Hall–Kier alpha value is 0.320. The zero-order chi connectivity index (χ0) is 15.6. The van der Waals surface area contributed by atoms with Gasteiger partial charge in [-0.1, -0.05) is 0 Å². The molecule has 120 valence electrons. The summed E-state index contributed by atoms with van der Waals surface area (Å²) in [5.74, 6) is 0. The van der Waals surface area contributed by atoms with Crippen molar-refractivity contribution in [3.8, 4) is 0 Å². The Balaban J connectivity index is 4.24. The maximum absolute atomic E-state index is 11.8. The predicted octanol–water partition coefficient (Wildman–Crippen LogP) is 3.34. The number of hydrogen-bond acceptors (Lipinski definition) is 9. The summed E-state index contributed by atoms with van der Waals surface area (Å²) >= 11 is 0. The van der Waals surface area contributed by atoms with E-state index in [-0.39, 0.29) is 13.2 Å². The van der Waals surface area contributed by atoms with E-state index in [1.807, 2.05) is 0 Å². The van der Waals surface area contributed by atoms with Crippen molar-refractivity contribution in [3.63, 3.8) is 0 Å². The maximum atomic E-state index is 11.8. The van der Waals surface area contributed by atoms with Gasteiger partial charge >= 0.3 is 23.4 Å². The lowest BCUT2D eigenvalue weighted by Crippen LogP contribution is -2.01. The molecular weight excluding hydrogens is 333 g/mol. The van der Waals surface area contributed by atoms with Crippen molar-refractivity contribution in [3.05, 3.63) is 0 Å². The smallest absolute Gasteiger partial charge is 0.310 e. The van der Waals surface area contributed by atoms with Gasteiger partial charge in [-0.3, -0.25) is 9.13 Å². The molecular formula is C8H20O9P3+. The van der Waals surface area contributed by atoms with Gasteiger partial charge in [0.1, 0.15) is 0 Å². The fourth-order valence-corrected chi connectivity index (χ4v) is 4.27. The average molecular weight is 353 g/mol. The fourth-order valence-electron chi connectivity index (χ4n) is 0.952. The van der Waals surface area contributed by atoms with Gasteiger partial charge < -0.3 is 18.1 Å². The second kappa shape index (κ2) is 10.1. The molecule has 2 atom stereocenters. The van der Waals surface area contributed by atoms with Gasteiger partial charge in [0.2, 0.25) is 12.7 Å². The lowest BCUT2D eigenvalue weighted by molar-refractivity contribution is 0.192. The Morgan fingerprint density at radius 2 is 1.20 bits per heavy atom. The summed E-state index contributed by atoms with van der Waals surface area (Å²) < 4.78 is 63.4. The molecule has 0 saturated heterocycles. The summed E-state index contributed by atoms with van der Waals surface area (Å²) in [6.07, 6.45) is -1.09. The third-order valence-corrected chi connectivity index (χ3v) is 6.24. The van der Waals surface area contributed by atoms with Crippen LogP contribution in [0.1, 0.15) is 13.8 Å². The minimum Gasteiger partial charge on any atom is -0.310 e. The Labute approximate surface area is 119 Å². The summed E-state index contributed by atoms with van der Waals surface area (Å²) in [5.41, 5.74) is 0. The molecule has 0 amide bonds. The van der Waals surface area contributed by atoms with Crippen molar-refractivity contribution in [2.45, 2.75) is 13.8 Å². The van der Waals surface area contributed by atoms with Gasteiger partial charge in [-0.25, -0.2) is 0 Å².